The van der Waals surface area contributed by atoms with Crippen molar-refractivity contribution in [1.29, 1.82) is 0 Å². The number of hydrogen-bond donors (Lipinski definition) is 2. The highest BCUT2D eigenvalue weighted by Gasteiger charge is 2.38. The predicted octanol–water partition coefficient (Wildman–Crippen LogP) is 2.97. The molecule has 0 spiro atoms. The lowest BCUT2D eigenvalue weighted by molar-refractivity contribution is -0.119. The lowest BCUT2D eigenvalue weighted by atomic mass is 9.84. The fourth-order valence-electron chi connectivity index (χ4n) is 2.81. The summed E-state index contributed by atoms with van der Waals surface area (Å²) >= 11 is 0. The van der Waals surface area contributed by atoms with Gasteiger partial charge in [-0.2, -0.15) is 0 Å². The van der Waals surface area contributed by atoms with Gasteiger partial charge in [-0.15, -0.1) is 0 Å². The molecule has 0 aliphatic carbocycles. The molecule has 1 amide bonds. The molecule has 2 aromatic carbocycles. The topological polar surface area (TPSA) is 64.3 Å². The predicted molar refractivity (Wildman–Crippen MR) is 87.1 cm³/mol. The van der Waals surface area contributed by atoms with Gasteiger partial charge in [0, 0.05) is 5.69 Å². The normalized spacial score (nSPS) is 16.8. The zero-order valence-corrected chi connectivity index (χ0v) is 13.0. The largest absolute Gasteiger partial charge is 0.497 e. The Morgan fingerprint density at radius 2 is 1.86 bits per heavy atom. The Balaban J connectivity index is 2.00. The average Bonchev–Trinajstić information content (AvgIpc) is 2.76. The zero-order chi connectivity index (χ0) is 15.9. The number of carbonyl (C=O) groups is 1. The van der Waals surface area contributed by atoms with Crippen LogP contribution in [0.25, 0.3) is 0 Å². The minimum atomic E-state index is -0.528. The van der Waals surface area contributed by atoms with Gasteiger partial charge in [-0.25, -0.2) is 0 Å². The molecule has 2 aromatic rings. The molecule has 4 heteroatoms. The molecule has 1 unspecified atom stereocenters. The Morgan fingerprint density at radius 1 is 1.14 bits per heavy atom. The summed E-state index contributed by atoms with van der Waals surface area (Å²) in [7, 11) is 1.64. The Kier molecular flexibility index (Phi) is 3.41. The fraction of sp³-hybridized carbons (Fsp3) is 0.278. The van der Waals surface area contributed by atoms with Crippen LogP contribution in [0.5, 0.6) is 5.75 Å². The third kappa shape index (κ3) is 2.25. The fourth-order valence-corrected chi connectivity index (χ4v) is 2.81. The van der Waals surface area contributed by atoms with E-state index in [9.17, 15) is 4.79 Å². The number of ether oxygens (including phenoxy) is 1. The van der Waals surface area contributed by atoms with Gasteiger partial charge in [-0.3, -0.25) is 4.79 Å². The second-order valence-electron chi connectivity index (χ2n) is 6.14. The van der Waals surface area contributed by atoms with Crippen LogP contribution in [-0.4, -0.2) is 13.0 Å². The SMILES string of the molecule is COc1cccc(C(N)c2ccc3c(c2)C(C)(C)C(=O)N3)c1. The van der Waals surface area contributed by atoms with Gasteiger partial charge in [0.15, 0.2) is 0 Å². The van der Waals surface area contributed by atoms with Gasteiger partial charge >= 0.3 is 0 Å². The minimum Gasteiger partial charge on any atom is -0.497 e. The number of amides is 1. The summed E-state index contributed by atoms with van der Waals surface area (Å²) in [6.45, 7) is 3.85. The molecular formula is C18H20N2O2. The number of nitrogens with two attached hydrogens (primary N) is 1. The third-order valence-corrected chi connectivity index (χ3v) is 4.34. The van der Waals surface area contributed by atoms with E-state index in [0.29, 0.717) is 0 Å². The van der Waals surface area contributed by atoms with Crippen LogP contribution in [-0.2, 0) is 10.2 Å². The standard InChI is InChI=1S/C18H20N2O2/c1-18(2)14-10-12(7-8-15(14)20-17(18)21)16(19)11-5-4-6-13(9-11)22-3/h4-10,16H,19H2,1-3H3,(H,20,21). The van der Waals surface area contributed by atoms with Crippen molar-refractivity contribution in [3.8, 4) is 5.75 Å². The molecule has 4 nitrogen and oxygen atoms in total. The molecule has 114 valence electrons. The van der Waals surface area contributed by atoms with Crippen LogP contribution in [0.3, 0.4) is 0 Å². The van der Waals surface area contributed by atoms with E-state index in [-0.39, 0.29) is 11.9 Å². The average molecular weight is 296 g/mol. The first-order valence-electron chi connectivity index (χ1n) is 7.29. The molecule has 0 aromatic heterocycles. The summed E-state index contributed by atoms with van der Waals surface area (Å²) in [6.07, 6.45) is 0. The second kappa shape index (κ2) is 5.14. The van der Waals surface area contributed by atoms with Crippen molar-refractivity contribution in [2.75, 3.05) is 12.4 Å². The minimum absolute atomic E-state index is 0.0228. The molecule has 0 saturated carbocycles. The molecule has 1 aliphatic rings. The number of carbonyl (C=O) groups excluding carboxylic acids is 1. The summed E-state index contributed by atoms with van der Waals surface area (Å²) in [5.41, 5.74) is 9.70. The Bertz CT molecular complexity index is 738. The molecule has 3 N–H and O–H groups in total. The third-order valence-electron chi connectivity index (χ3n) is 4.34. The summed E-state index contributed by atoms with van der Waals surface area (Å²) < 4.78 is 5.25. The number of benzene rings is 2. The first-order valence-corrected chi connectivity index (χ1v) is 7.29. The molecule has 0 saturated heterocycles. The molecule has 3 rings (SSSR count). The van der Waals surface area contributed by atoms with Crippen molar-refractivity contribution < 1.29 is 9.53 Å². The van der Waals surface area contributed by atoms with E-state index < -0.39 is 5.41 Å². The van der Waals surface area contributed by atoms with E-state index in [1.165, 1.54) is 0 Å². The number of anilines is 1. The Morgan fingerprint density at radius 3 is 2.59 bits per heavy atom. The van der Waals surface area contributed by atoms with Gasteiger partial charge in [0.1, 0.15) is 5.75 Å². The molecule has 0 radical (unpaired) electrons. The van der Waals surface area contributed by atoms with E-state index in [1.54, 1.807) is 7.11 Å². The van der Waals surface area contributed by atoms with Crippen LogP contribution in [0.4, 0.5) is 5.69 Å². The highest BCUT2D eigenvalue weighted by Crippen LogP contribution is 2.39. The monoisotopic (exact) mass is 296 g/mol. The van der Waals surface area contributed by atoms with Crippen LogP contribution in [0.2, 0.25) is 0 Å². The zero-order valence-electron chi connectivity index (χ0n) is 13.0. The highest BCUT2D eigenvalue weighted by molar-refractivity contribution is 6.05. The van der Waals surface area contributed by atoms with Crippen LogP contribution < -0.4 is 15.8 Å². The van der Waals surface area contributed by atoms with Gasteiger partial charge in [0.25, 0.3) is 0 Å². The number of hydrogen-bond acceptors (Lipinski definition) is 3. The molecule has 1 atom stereocenters. The van der Waals surface area contributed by atoms with Crippen LogP contribution >= 0.6 is 0 Å². The number of nitrogens with one attached hydrogen (secondary N) is 1. The molecule has 1 heterocycles. The summed E-state index contributed by atoms with van der Waals surface area (Å²) in [5.74, 6) is 0.806. The lowest BCUT2D eigenvalue weighted by Crippen LogP contribution is -2.27. The molecule has 1 aliphatic heterocycles. The maximum absolute atomic E-state index is 12.0. The smallest absolute Gasteiger partial charge is 0.234 e. The van der Waals surface area contributed by atoms with Crippen LogP contribution in [0, 0.1) is 0 Å². The van der Waals surface area contributed by atoms with E-state index in [1.807, 2.05) is 56.3 Å². The van der Waals surface area contributed by atoms with E-state index in [4.69, 9.17) is 10.5 Å². The highest BCUT2D eigenvalue weighted by atomic mass is 16.5. The molecular weight excluding hydrogens is 276 g/mol. The number of fused-ring (bicyclic) bond motifs is 1. The summed E-state index contributed by atoms with van der Waals surface area (Å²) in [4.78, 5) is 12.0. The van der Waals surface area contributed by atoms with Crippen molar-refractivity contribution in [1.82, 2.24) is 0 Å². The maximum Gasteiger partial charge on any atom is 0.234 e. The van der Waals surface area contributed by atoms with Crippen LogP contribution in [0.15, 0.2) is 42.5 Å². The molecule has 0 bridgehead atoms. The number of methoxy groups -OCH3 is 1. The Labute approximate surface area is 130 Å². The van der Waals surface area contributed by atoms with Gasteiger partial charge in [-0.05, 0) is 48.7 Å². The summed E-state index contributed by atoms with van der Waals surface area (Å²) in [5, 5.41) is 2.91. The summed E-state index contributed by atoms with van der Waals surface area (Å²) in [6, 6.07) is 13.4. The van der Waals surface area contributed by atoms with Gasteiger partial charge in [-0.1, -0.05) is 24.3 Å². The van der Waals surface area contributed by atoms with Gasteiger partial charge in [0.2, 0.25) is 5.91 Å². The molecule has 22 heavy (non-hydrogen) atoms. The lowest BCUT2D eigenvalue weighted by Gasteiger charge is -2.18. The van der Waals surface area contributed by atoms with Gasteiger partial charge < -0.3 is 15.8 Å². The van der Waals surface area contributed by atoms with E-state index >= 15 is 0 Å². The van der Waals surface area contributed by atoms with Crippen molar-refractivity contribution in [3.63, 3.8) is 0 Å². The van der Waals surface area contributed by atoms with E-state index in [0.717, 1.165) is 28.1 Å². The van der Waals surface area contributed by atoms with E-state index in [2.05, 4.69) is 5.32 Å². The first-order chi connectivity index (χ1) is 10.4. The van der Waals surface area contributed by atoms with Crippen molar-refractivity contribution in [3.05, 3.63) is 59.2 Å². The van der Waals surface area contributed by atoms with Crippen molar-refractivity contribution in [2.45, 2.75) is 25.3 Å². The second-order valence-corrected chi connectivity index (χ2v) is 6.14. The van der Waals surface area contributed by atoms with Gasteiger partial charge in [0.05, 0.1) is 18.6 Å². The van der Waals surface area contributed by atoms with Crippen molar-refractivity contribution in [2.24, 2.45) is 5.73 Å². The Hall–Kier alpha value is -2.33. The number of rotatable bonds is 3. The maximum atomic E-state index is 12.0. The molecule has 0 fully saturated rings. The van der Waals surface area contributed by atoms with Crippen LogP contribution in [0.1, 0.15) is 36.6 Å². The van der Waals surface area contributed by atoms with Crippen molar-refractivity contribution >= 4 is 11.6 Å². The quantitative estimate of drug-likeness (QED) is 0.915. The first kappa shape index (κ1) is 14.6.